The number of rotatable bonds is 4. The van der Waals surface area contributed by atoms with Gasteiger partial charge in [-0.1, -0.05) is 30.3 Å². The maximum atomic E-state index is 13.1. The second kappa shape index (κ2) is 7.98. The number of nitrogens with one attached hydrogen (secondary N) is 1. The number of carbonyl (C=O) groups is 3. The Morgan fingerprint density at radius 2 is 1.85 bits per heavy atom. The van der Waals surface area contributed by atoms with Gasteiger partial charge in [-0.2, -0.15) is 0 Å². The van der Waals surface area contributed by atoms with E-state index in [0.717, 1.165) is 12.0 Å². The smallest absolute Gasteiger partial charge is 0.318 e. The molecule has 3 atom stereocenters. The summed E-state index contributed by atoms with van der Waals surface area (Å²) in [6, 6.07) is 8.74. The summed E-state index contributed by atoms with van der Waals surface area (Å²) in [4.78, 5) is 40.5. The van der Waals surface area contributed by atoms with Crippen molar-refractivity contribution in [1.82, 2.24) is 15.1 Å². The molecular weight excluding hydrogens is 346 g/mol. The molecule has 1 aromatic carbocycles. The first-order valence-electron chi connectivity index (χ1n) is 9.52. The van der Waals surface area contributed by atoms with Crippen LogP contribution in [0.5, 0.6) is 0 Å². The Morgan fingerprint density at radius 3 is 2.48 bits per heavy atom. The van der Waals surface area contributed by atoms with Gasteiger partial charge in [0.2, 0.25) is 5.91 Å². The van der Waals surface area contributed by atoms with Crippen molar-refractivity contribution in [2.24, 2.45) is 5.92 Å². The van der Waals surface area contributed by atoms with Crippen LogP contribution in [-0.4, -0.2) is 64.5 Å². The van der Waals surface area contributed by atoms with Crippen LogP contribution in [0.2, 0.25) is 0 Å². The molecule has 146 valence electrons. The Morgan fingerprint density at radius 1 is 1.15 bits per heavy atom. The number of carbonyl (C=O) groups excluding carboxylic acids is 2. The highest BCUT2D eigenvalue weighted by atomic mass is 16.4. The van der Waals surface area contributed by atoms with Gasteiger partial charge in [0.25, 0.3) is 0 Å². The van der Waals surface area contributed by atoms with E-state index in [0.29, 0.717) is 19.5 Å². The summed E-state index contributed by atoms with van der Waals surface area (Å²) < 4.78 is 0. The molecule has 0 bridgehead atoms. The zero-order valence-corrected chi connectivity index (χ0v) is 15.8. The molecular formula is C20H27N3O4. The summed E-state index contributed by atoms with van der Waals surface area (Å²) in [5.41, 5.74) is 0.932. The van der Waals surface area contributed by atoms with Crippen LogP contribution in [0.1, 0.15) is 38.2 Å². The lowest BCUT2D eigenvalue weighted by molar-refractivity contribution is -0.142. The molecule has 3 amide bonds. The fourth-order valence-corrected chi connectivity index (χ4v) is 4.08. The van der Waals surface area contributed by atoms with E-state index in [9.17, 15) is 19.5 Å². The van der Waals surface area contributed by atoms with Gasteiger partial charge in [-0.05, 0) is 32.3 Å². The molecule has 2 unspecified atom stereocenters. The third kappa shape index (κ3) is 4.07. The summed E-state index contributed by atoms with van der Waals surface area (Å²) in [6.45, 7) is 4.87. The second-order valence-electron chi connectivity index (χ2n) is 7.66. The summed E-state index contributed by atoms with van der Waals surface area (Å²) in [5, 5.41) is 12.5. The Balaban J connectivity index is 1.75. The molecule has 27 heavy (non-hydrogen) atoms. The van der Waals surface area contributed by atoms with Gasteiger partial charge < -0.3 is 20.2 Å². The molecule has 0 aromatic heterocycles. The number of aliphatic carboxylic acids is 1. The van der Waals surface area contributed by atoms with E-state index < -0.39 is 17.9 Å². The summed E-state index contributed by atoms with van der Waals surface area (Å²) in [5.74, 6) is -1.89. The van der Waals surface area contributed by atoms with Crippen molar-refractivity contribution >= 4 is 17.9 Å². The van der Waals surface area contributed by atoms with E-state index in [1.165, 1.54) is 0 Å². The lowest BCUT2D eigenvalue weighted by atomic mass is 9.89. The van der Waals surface area contributed by atoms with E-state index >= 15 is 0 Å². The first-order valence-corrected chi connectivity index (χ1v) is 9.52. The van der Waals surface area contributed by atoms with Gasteiger partial charge in [0.05, 0.1) is 5.92 Å². The summed E-state index contributed by atoms with van der Waals surface area (Å²) >= 11 is 0. The predicted molar refractivity (Wildman–Crippen MR) is 100 cm³/mol. The molecule has 2 heterocycles. The fraction of sp³-hybridized carbons (Fsp3) is 0.550. The third-order valence-electron chi connectivity index (χ3n) is 5.39. The molecule has 0 spiro atoms. The number of benzene rings is 1. The molecule has 1 aromatic rings. The number of hydrogen-bond acceptors (Lipinski definition) is 3. The van der Waals surface area contributed by atoms with Crippen LogP contribution in [-0.2, 0) is 9.59 Å². The maximum absolute atomic E-state index is 13.1. The van der Waals surface area contributed by atoms with Gasteiger partial charge in [-0.15, -0.1) is 0 Å². The number of hydrogen-bond donors (Lipinski definition) is 2. The molecule has 2 aliphatic rings. The quantitative estimate of drug-likeness (QED) is 0.843. The molecule has 2 fully saturated rings. The van der Waals surface area contributed by atoms with Crippen molar-refractivity contribution in [1.29, 1.82) is 0 Å². The van der Waals surface area contributed by atoms with Crippen molar-refractivity contribution in [2.75, 3.05) is 19.6 Å². The molecule has 2 saturated heterocycles. The first-order chi connectivity index (χ1) is 12.9. The van der Waals surface area contributed by atoms with E-state index in [1.54, 1.807) is 9.80 Å². The van der Waals surface area contributed by atoms with E-state index in [-0.39, 0.29) is 30.4 Å². The lowest BCUT2D eigenvalue weighted by Gasteiger charge is -2.28. The van der Waals surface area contributed by atoms with Crippen LogP contribution in [0.3, 0.4) is 0 Å². The van der Waals surface area contributed by atoms with E-state index in [1.807, 2.05) is 44.2 Å². The lowest BCUT2D eigenvalue weighted by Crippen LogP contribution is -2.51. The highest BCUT2D eigenvalue weighted by molar-refractivity contribution is 5.88. The Kier molecular flexibility index (Phi) is 5.68. The van der Waals surface area contributed by atoms with Gasteiger partial charge in [-0.3, -0.25) is 9.59 Å². The molecule has 3 rings (SSSR count). The van der Waals surface area contributed by atoms with Gasteiger partial charge in [0.15, 0.2) is 0 Å². The Hall–Kier alpha value is -2.57. The van der Waals surface area contributed by atoms with Crippen LogP contribution in [0.25, 0.3) is 0 Å². The van der Waals surface area contributed by atoms with Crippen molar-refractivity contribution in [2.45, 2.75) is 44.7 Å². The monoisotopic (exact) mass is 373 g/mol. The van der Waals surface area contributed by atoms with Crippen molar-refractivity contribution in [3.8, 4) is 0 Å². The number of nitrogens with zero attached hydrogens (tertiary/aromatic N) is 2. The van der Waals surface area contributed by atoms with Crippen molar-refractivity contribution in [3.05, 3.63) is 35.9 Å². The van der Waals surface area contributed by atoms with Crippen molar-refractivity contribution < 1.29 is 19.5 Å². The van der Waals surface area contributed by atoms with Crippen LogP contribution in [0, 0.1) is 5.92 Å². The molecule has 0 aliphatic carbocycles. The van der Waals surface area contributed by atoms with Gasteiger partial charge in [0, 0.05) is 31.6 Å². The average molecular weight is 373 g/mol. The SMILES string of the molecule is CC(C)NC(=O)N1CCC[C@H]1C(=O)N1CC(C(=O)O)C(c2ccccc2)C1. The minimum absolute atomic E-state index is 0.000472. The molecule has 7 nitrogen and oxygen atoms in total. The normalized spacial score (nSPS) is 25.1. The first kappa shape index (κ1) is 19.2. The second-order valence-corrected chi connectivity index (χ2v) is 7.66. The highest BCUT2D eigenvalue weighted by Gasteiger charge is 2.44. The van der Waals surface area contributed by atoms with Gasteiger partial charge in [0.1, 0.15) is 6.04 Å². The minimum atomic E-state index is -0.889. The zero-order valence-electron chi connectivity index (χ0n) is 15.8. The van der Waals surface area contributed by atoms with Crippen LogP contribution in [0.4, 0.5) is 4.79 Å². The molecule has 2 aliphatic heterocycles. The molecule has 2 N–H and O–H groups in total. The molecule has 0 radical (unpaired) electrons. The zero-order chi connectivity index (χ0) is 19.6. The molecule has 0 saturated carbocycles. The standard InChI is InChI=1S/C20H27N3O4/c1-13(2)21-20(27)23-10-6-9-17(23)18(24)22-11-15(16(12-22)19(25)26)14-7-4-3-5-8-14/h3-5,7-8,13,15-17H,6,9-12H2,1-2H3,(H,21,27)(H,25,26)/t15?,16?,17-/m0/s1. The largest absolute Gasteiger partial charge is 0.481 e. The van der Waals surface area contributed by atoms with Crippen LogP contribution >= 0.6 is 0 Å². The minimum Gasteiger partial charge on any atom is -0.481 e. The number of amides is 3. The van der Waals surface area contributed by atoms with Crippen LogP contribution in [0.15, 0.2) is 30.3 Å². The highest BCUT2D eigenvalue weighted by Crippen LogP contribution is 2.34. The topological polar surface area (TPSA) is 90.0 Å². The Bertz CT molecular complexity index is 706. The van der Waals surface area contributed by atoms with E-state index in [2.05, 4.69) is 5.32 Å². The van der Waals surface area contributed by atoms with Gasteiger partial charge in [-0.25, -0.2) is 4.79 Å². The summed E-state index contributed by atoms with van der Waals surface area (Å²) in [7, 11) is 0. The Labute approximate surface area is 159 Å². The van der Waals surface area contributed by atoms with E-state index in [4.69, 9.17) is 0 Å². The van der Waals surface area contributed by atoms with Crippen LogP contribution < -0.4 is 5.32 Å². The molecule has 7 heteroatoms. The fourth-order valence-electron chi connectivity index (χ4n) is 4.08. The number of likely N-dealkylation sites (tertiary alicyclic amines) is 2. The number of carboxylic acid groups (broad SMARTS) is 1. The predicted octanol–water partition coefficient (Wildman–Crippen LogP) is 1.90. The maximum Gasteiger partial charge on any atom is 0.318 e. The summed E-state index contributed by atoms with van der Waals surface area (Å²) in [6.07, 6.45) is 1.40. The number of carboxylic acids is 1. The van der Waals surface area contributed by atoms with Gasteiger partial charge >= 0.3 is 12.0 Å². The number of urea groups is 1. The third-order valence-corrected chi connectivity index (χ3v) is 5.39. The van der Waals surface area contributed by atoms with Crippen molar-refractivity contribution in [3.63, 3.8) is 0 Å². The average Bonchev–Trinajstić information content (AvgIpc) is 3.29.